The molecule has 0 aromatic heterocycles. The summed E-state index contributed by atoms with van der Waals surface area (Å²) in [5.41, 5.74) is -0.0636. The summed E-state index contributed by atoms with van der Waals surface area (Å²) in [7, 11) is 0. The van der Waals surface area contributed by atoms with E-state index < -0.39 is 11.6 Å². The van der Waals surface area contributed by atoms with Crippen LogP contribution >= 0.6 is 0 Å². The van der Waals surface area contributed by atoms with Crippen LogP contribution in [0.2, 0.25) is 0 Å². The number of carboxylic acid groups (broad SMARTS) is 1. The summed E-state index contributed by atoms with van der Waals surface area (Å²) in [6.07, 6.45) is 2.18. The topological polar surface area (TPSA) is 66.8 Å². The summed E-state index contributed by atoms with van der Waals surface area (Å²) in [4.78, 5) is 24.6. The lowest BCUT2D eigenvalue weighted by molar-refractivity contribution is -0.133. The monoisotopic (exact) mass is 253 g/mol. The number of nitrogens with zero attached hydrogens (tertiary/aromatic N) is 1. The van der Waals surface area contributed by atoms with E-state index in [1.807, 2.05) is 20.8 Å². The number of ether oxygens (including phenoxy) is 1. The molecule has 1 aliphatic heterocycles. The minimum atomic E-state index is -0.867. The van der Waals surface area contributed by atoms with Gasteiger partial charge in [0.2, 0.25) is 0 Å². The molecule has 1 amide bonds. The SMILES string of the molecule is CC(C)(C)OC(=O)N1CC2CC=C(C(=O)O)C2C1. The van der Waals surface area contributed by atoms with E-state index in [0.717, 1.165) is 6.42 Å². The average Bonchev–Trinajstić information content (AvgIpc) is 2.70. The molecule has 1 N–H and O–H groups in total. The molecule has 2 aliphatic rings. The molecular weight excluding hydrogens is 234 g/mol. The van der Waals surface area contributed by atoms with E-state index in [0.29, 0.717) is 18.7 Å². The normalized spacial score (nSPS) is 26.8. The van der Waals surface area contributed by atoms with Gasteiger partial charge in [-0.25, -0.2) is 9.59 Å². The Hall–Kier alpha value is -1.52. The van der Waals surface area contributed by atoms with Gasteiger partial charge in [-0.1, -0.05) is 6.08 Å². The van der Waals surface area contributed by atoms with Gasteiger partial charge in [-0.3, -0.25) is 0 Å². The van der Waals surface area contributed by atoms with Gasteiger partial charge in [0.1, 0.15) is 5.60 Å². The first-order valence-electron chi connectivity index (χ1n) is 6.19. The predicted molar refractivity (Wildman–Crippen MR) is 65.1 cm³/mol. The molecule has 5 heteroatoms. The summed E-state index contributed by atoms with van der Waals surface area (Å²) in [6.45, 7) is 6.52. The molecule has 1 fully saturated rings. The standard InChI is InChI=1S/C13H19NO4/c1-13(2,3)18-12(17)14-6-8-4-5-9(11(15)16)10(8)7-14/h5,8,10H,4,6-7H2,1-3H3,(H,15,16). The largest absolute Gasteiger partial charge is 0.478 e. The highest BCUT2D eigenvalue weighted by Gasteiger charge is 2.43. The number of aliphatic carboxylic acids is 1. The van der Waals surface area contributed by atoms with E-state index >= 15 is 0 Å². The van der Waals surface area contributed by atoms with E-state index in [1.165, 1.54) is 0 Å². The Morgan fingerprint density at radius 2 is 2.06 bits per heavy atom. The zero-order chi connectivity index (χ0) is 13.5. The first kappa shape index (κ1) is 12.9. The van der Waals surface area contributed by atoms with Crippen LogP contribution in [0.4, 0.5) is 4.79 Å². The number of hydrogen-bond acceptors (Lipinski definition) is 3. The lowest BCUT2D eigenvalue weighted by Gasteiger charge is -2.24. The summed E-state index contributed by atoms with van der Waals surface area (Å²) in [5.74, 6) is -0.660. The van der Waals surface area contributed by atoms with Crippen molar-refractivity contribution in [1.29, 1.82) is 0 Å². The molecule has 0 spiro atoms. The second kappa shape index (κ2) is 4.30. The highest BCUT2D eigenvalue weighted by Crippen LogP contribution is 2.38. The fourth-order valence-electron chi connectivity index (χ4n) is 2.61. The number of hydrogen-bond donors (Lipinski definition) is 1. The molecule has 0 bridgehead atoms. The molecule has 0 aromatic rings. The molecule has 1 aliphatic carbocycles. The van der Waals surface area contributed by atoms with Crippen LogP contribution in [0.5, 0.6) is 0 Å². The molecule has 2 atom stereocenters. The third kappa shape index (κ3) is 2.49. The van der Waals surface area contributed by atoms with Gasteiger partial charge in [-0.2, -0.15) is 0 Å². The van der Waals surface area contributed by atoms with E-state index in [-0.39, 0.29) is 17.9 Å². The first-order chi connectivity index (χ1) is 8.28. The van der Waals surface area contributed by atoms with Crippen molar-refractivity contribution >= 4 is 12.1 Å². The second-order valence-electron chi connectivity index (χ2n) is 5.95. The second-order valence-corrected chi connectivity index (χ2v) is 5.95. The van der Waals surface area contributed by atoms with E-state index in [9.17, 15) is 9.59 Å². The molecule has 2 rings (SSSR count). The van der Waals surface area contributed by atoms with Gasteiger partial charge in [0.25, 0.3) is 0 Å². The van der Waals surface area contributed by atoms with Crippen LogP contribution in [-0.2, 0) is 9.53 Å². The van der Waals surface area contributed by atoms with Crippen molar-refractivity contribution in [2.24, 2.45) is 11.8 Å². The molecule has 18 heavy (non-hydrogen) atoms. The number of carboxylic acids is 1. The fourth-order valence-corrected chi connectivity index (χ4v) is 2.61. The van der Waals surface area contributed by atoms with Crippen LogP contribution < -0.4 is 0 Å². The van der Waals surface area contributed by atoms with Gasteiger partial charge in [-0.15, -0.1) is 0 Å². The van der Waals surface area contributed by atoms with Gasteiger partial charge >= 0.3 is 12.1 Å². The predicted octanol–water partition coefficient (Wildman–Crippen LogP) is 1.88. The maximum Gasteiger partial charge on any atom is 0.410 e. The average molecular weight is 253 g/mol. The number of likely N-dealkylation sites (tertiary alicyclic amines) is 1. The molecule has 100 valence electrons. The Morgan fingerprint density at radius 1 is 1.39 bits per heavy atom. The molecule has 0 saturated carbocycles. The summed E-state index contributed by atoms with van der Waals surface area (Å²) >= 11 is 0. The van der Waals surface area contributed by atoms with Crippen molar-refractivity contribution < 1.29 is 19.4 Å². The number of amides is 1. The minimum Gasteiger partial charge on any atom is -0.478 e. The van der Waals surface area contributed by atoms with Gasteiger partial charge in [0, 0.05) is 24.6 Å². The van der Waals surface area contributed by atoms with Crippen molar-refractivity contribution in [1.82, 2.24) is 4.90 Å². The van der Waals surface area contributed by atoms with Crippen LogP contribution in [0.1, 0.15) is 27.2 Å². The third-order valence-corrected chi connectivity index (χ3v) is 3.38. The Kier molecular flexibility index (Phi) is 3.09. The number of rotatable bonds is 1. The maximum absolute atomic E-state index is 11.9. The van der Waals surface area contributed by atoms with Gasteiger partial charge in [0.05, 0.1) is 0 Å². The van der Waals surface area contributed by atoms with Crippen LogP contribution in [0.3, 0.4) is 0 Å². The number of carbonyl (C=O) groups excluding carboxylic acids is 1. The molecule has 1 saturated heterocycles. The lowest BCUT2D eigenvalue weighted by atomic mass is 9.95. The zero-order valence-electron chi connectivity index (χ0n) is 11.0. The summed E-state index contributed by atoms with van der Waals surface area (Å²) in [5, 5.41) is 9.07. The van der Waals surface area contributed by atoms with Crippen molar-refractivity contribution in [2.75, 3.05) is 13.1 Å². The fraction of sp³-hybridized carbons (Fsp3) is 0.692. The van der Waals surface area contributed by atoms with Gasteiger partial charge in [0.15, 0.2) is 0 Å². The van der Waals surface area contributed by atoms with E-state index in [4.69, 9.17) is 9.84 Å². The van der Waals surface area contributed by atoms with E-state index in [2.05, 4.69) is 0 Å². The molecule has 0 radical (unpaired) electrons. The van der Waals surface area contributed by atoms with Crippen LogP contribution in [0.15, 0.2) is 11.6 Å². The van der Waals surface area contributed by atoms with Crippen molar-refractivity contribution in [3.8, 4) is 0 Å². The van der Waals surface area contributed by atoms with Crippen LogP contribution in [0, 0.1) is 11.8 Å². The summed E-state index contributed by atoms with van der Waals surface area (Å²) in [6, 6.07) is 0. The van der Waals surface area contributed by atoms with Crippen molar-refractivity contribution in [2.45, 2.75) is 32.8 Å². The van der Waals surface area contributed by atoms with Crippen LogP contribution in [0.25, 0.3) is 0 Å². The van der Waals surface area contributed by atoms with Gasteiger partial charge < -0.3 is 14.7 Å². The Morgan fingerprint density at radius 3 is 2.61 bits per heavy atom. The Bertz CT molecular complexity index is 408. The molecule has 0 aromatic carbocycles. The molecule has 2 unspecified atom stereocenters. The number of allylic oxidation sites excluding steroid dienone is 1. The number of fused-ring (bicyclic) bond motifs is 1. The first-order valence-corrected chi connectivity index (χ1v) is 6.19. The zero-order valence-corrected chi connectivity index (χ0v) is 11.0. The summed E-state index contributed by atoms with van der Waals surface area (Å²) < 4.78 is 5.30. The smallest absolute Gasteiger partial charge is 0.410 e. The van der Waals surface area contributed by atoms with Crippen molar-refractivity contribution in [3.63, 3.8) is 0 Å². The lowest BCUT2D eigenvalue weighted by Crippen LogP contribution is -2.36. The van der Waals surface area contributed by atoms with Gasteiger partial charge in [-0.05, 0) is 33.1 Å². The van der Waals surface area contributed by atoms with Crippen molar-refractivity contribution in [3.05, 3.63) is 11.6 Å². The quantitative estimate of drug-likeness (QED) is 0.774. The third-order valence-electron chi connectivity index (χ3n) is 3.38. The number of carbonyl (C=O) groups is 2. The van der Waals surface area contributed by atoms with E-state index in [1.54, 1.807) is 11.0 Å². The molecule has 1 heterocycles. The van der Waals surface area contributed by atoms with Crippen LogP contribution in [-0.4, -0.2) is 40.8 Å². The Labute approximate surface area is 106 Å². The Balaban J connectivity index is 2.00. The highest BCUT2D eigenvalue weighted by atomic mass is 16.6. The maximum atomic E-state index is 11.9. The minimum absolute atomic E-state index is 0.0324. The molecule has 5 nitrogen and oxygen atoms in total. The highest BCUT2D eigenvalue weighted by molar-refractivity contribution is 5.88. The molecular formula is C13H19NO4.